The van der Waals surface area contributed by atoms with Crippen molar-refractivity contribution >= 4 is 33.4 Å². The zero-order valence-corrected chi connectivity index (χ0v) is 16.5. The third-order valence-corrected chi connectivity index (χ3v) is 5.91. The fraction of sp³-hybridized carbons (Fsp3) is 0.381. The number of carbonyl (C=O) groups is 2. The maximum Gasteiger partial charge on any atom is 0.375 e. The van der Waals surface area contributed by atoms with Crippen molar-refractivity contribution in [2.24, 2.45) is 0 Å². The Morgan fingerprint density at radius 3 is 2.61 bits per heavy atom. The van der Waals surface area contributed by atoms with Gasteiger partial charge in [0.2, 0.25) is 5.76 Å². The van der Waals surface area contributed by atoms with Crippen LogP contribution in [-0.2, 0) is 9.53 Å². The van der Waals surface area contributed by atoms with Crippen molar-refractivity contribution in [2.45, 2.75) is 38.7 Å². The van der Waals surface area contributed by atoms with Crippen molar-refractivity contribution in [2.75, 3.05) is 13.1 Å². The Kier molecular flexibility index (Phi) is 5.43. The van der Waals surface area contributed by atoms with Gasteiger partial charge in [0.1, 0.15) is 0 Å². The Morgan fingerprint density at radius 2 is 1.86 bits per heavy atom. The maximum atomic E-state index is 12.6. The molecule has 1 aliphatic heterocycles. The Hall–Kier alpha value is -2.67. The molecule has 1 fully saturated rings. The molecule has 0 aliphatic carbocycles. The minimum atomic E-state index is -0.832. The van der Waals surface area contributed by atoms with Gasteiger partial charge in [-0.15, -0.1) is 11.3 Å². The number of para-hydroxylation sites is 1. The molecule has 3 aromatic rings. The van der Waals surface area contributed by atoms with Gasteiger partial charge in [-0.2, -0.15) is 0 Å². The first-order valence-corrected chi connectivity index (χ1v) is 10.4. The van der Waals surface area contributed by atoms with Crippen molar-refractivity contribution in [1.29, 1.82) is 0 Å². The van der Waals surface area contributed by atoms with Gasteiger partial charge >= 0.3 is 5.97 Å². The molecule has 28 heavy (non-hydrogen) atoms. The van der Waals surface area contributed by atoms with Gasteiger partial charge in [-0.25, -0.2) is 9.78 Å². The SMILES string of the molecule is C[C@@H](OC(=O)c1ccc(-c2nc3ccccc3s2)o1)C(=O)N1CCCCCC1. The van der Waals surface area contributed by atoms with Gasteiger partial charge < -0.3 is 14.1 Å². The second kappa shape index (κ2) is 8.14. The summed E-state index contributed by atoms with van der Waals surface area (Å²) in [6.45, 7) is 3.06. The molecule has 0 unspecified atom stereocenters. The van der Waals surface area contributed by atoms with E-state index in [0.717, 1.165) is 49.0 Å². The Morgan fingerprint density at radius 1 is 1.11 bits per heavy atom. The molecule has 4 rings (SSSR count). The van der Waals surface area contributed by atoms with E-state index in [4.69, 9.17) is 9.15 Å². The second-order valence-electron chi connectivity index (χ2n) is 6.94. The van der Waals surface area contributed by atoms with E-state index >= 15 is 0 Å². The van der Waals surface area contributed by atoms with Crippen LogP contribution in [0.2, 0.25) is 0 Å². The number of nitrogens with zero attached hydrogens (tertiary/aromatic N) is 2. The Labute approximate surface area is 167 Å². The molecule has 1 aromatic carbocycles. The van der Waals surface area contributed by atoms with Crippen LogP contribution in [0.5, 0.6) is 0 Å². The van der Waals surface area contributed by atoms with E-state index in [1.807, 2.05) is 24.3 Å². The largest absolute Gasteiger partial charge is 0.447 e. The molecule has 1 amide bonds. The summed E-state index contributed by atoms with van der Waals surface area (Å²) in [5.41, 5.74) is 0.889. The summed E-state index contributed by atoms with van der Waals surface area (Å²) in [6.07, 6.45) is 3.44. The first-order chi connectivity index (χ1) is 13.6. The molecule has 0 bridgehead atoms. The van der Waals surface area contributed by atoms with Gasteiger partial charge in [-0.1, -0.05) is 25.0 Å². The number of fused-ring (bicyclic) bond motifs is 1. The third-order valence-electron chi connectivity index (χ3n) is 4.86. The van der Waals surface area contributed by atoms with Crippen LogP contribution in [0.25, 0.3) is 21.0 Å². The molecule has 1 aliphatic rings. The molecule has 1 atom stereocenters. The Bertz CT molecular complexity index is 952. The van der Waals surface area contributed by atoms with Crippen molar-refractivity contribution in [3.8, 4) is 10.8 Å². The molecule has 0 saturated carbocycles. The van der Waals surface area contributed by atoms with Crippen molar-refractivity contribution in [3.05, 3.63) is 42.2 Å². The van der Waals surface area contributed by atoms with Crippen molar-refractivity contribution in [3.63, 3.8) is 0 Å². The van der Waals surface area contributed by atoms with E-state index in [-0.39, 0.29) is 11.7 Å². The van der Waals surface area contributed by atoms with E-state index in [1.165, 1.54) is 11.3 Å². The number of amides is 1. The van der Waals surface area contributed by atoms with E-state index < -0.39 is 12.1 Å². The lowest BCUT2D eigenvalue weighted by atomic mass is 10.2. The van der Waals surface area contributed by atoms with Gasteiger partial charge in [0, 0.05) is 13.1 Å². The van der Waals surface area contributed by atoms with Crippen LogP contribution in [0.3, 0.4) is 0 Å². The van der Waals surface area contributed by atoms with Gasteiger partial charge in [0.15, 0.2) is 16.9 Å². The molecule has 0 spiro atoms. The Balaban J connectivity index is 1.43. The highest BCUT2D eigenvalue weighted by atomic mass is 32.1. The average molecular weight is 398 g/mol. The number of hydrogen-bond acceptors (Lipinski definition) is 6. The first kappa shape index (κ1) is 18.7. The molecule has 6 nitrogen and oxygen atoms in total. The number of carbonyl (C=O) groups excluding carboxylic acids is 2. The molecule has 0 N–H and O–H groups in total. The summed E-state index contributed by atoms with van der Waals surface area (Å²) in [5.74, 6) is -0.194. The van der Waals surface area contributed by atoms with Gasteiger partial charge in [0.05, 0.1) is 10.2 Å². The van der Waals surface area contributed by atoms with Gasteiger partial charge in [-0.05, 0) is 44.0 Å². The van der Waals surface area contributed by atoms with Crippen LogP contribution in [0.4, 0.5) is 0 Å². The highest BCUT2D eigenvalue weighted by molar-refractivity contribution is 7.21. The minimum Gasteiger partial charge on any atom is -0.447 e. The molecular formula is C21H22N2O4S. The number of thiazole rings is 1. The average Bonchev–Trinajstić information content (AvgIpc) is 3.27. The number of likely N-dealkylation sites (tertiary alicyclic amines) is 1. The molecule has 0 radical (unpaired) electrons. The molecular weight excluding hydrogens is 376 g/mol. The lowest BCUT2D eigenvalue weighted by Crippen LogP contribution is -2.40. The maximum absolute atomic E-state index is 12.6. The minimum absolute atomic E-state index is 0.0739. The zero-order chi connectivity index (χ0) is 19.5. The summed E-state index contributed by atoms with van der Waals surface area (Å²) in [4.78, 5) is 31.3. The number of rotatable bonds is 4. The van der Waals surface area contributed by atoms with Gasteiger partial charge in [0.25, 0.3) is 5.91 Å². The van der Waals surface area contributed by atoms with Crippen molar-refractivity contribution in [1.82, 2.24) is 9.88 Å². The van der Waals surface area contributed by atoms with Crippen LogP contribution >= 0.6 is 11.3 Å². The van der Waals surface area contributed by atoms with E-state index in [2.05, 4.69) is 4.98 Å². The molecule has 146 valence electrons. The molecule has 2 aromatic heterocycles. The highest BCUT2D eigenvalue weighted by Crippen LogP contribution is 2.31. The summed E-state index contributed by atoms with van der Waals surface area (Å²) in [7, 11) is 0. The number of hydrogen-bond donors (Lipinski definition) is 0. The van der Waals surface area contributed by atoms with Crippen LogP contribution in [0.1, 0.15) is 43.2 Å². The monoisotopic (exact) mass is 398 g/mol. The zero-order valence-electron chi connectivity index (χ0n) is 15.7. The fourth-order valence-corrected chi connectivity index (χ4v) is 4.28. The first-order valence-electron chi connectivity index (χ1n) is 9.57. The smallest absolute Gasteiger partial charge is 0.375 e. The van der Waals surface area contributed by atoms with E-state index in [1.54, 1.807) is 24.0 Å². The highest BCUT2D eigenvalue weighted by Gasteiger charge is 2.26. The predicted molar refractivity (Wildman–Crippen MR) is 107 cm³/mol. The quantitative estimate of drug-likeness (QED) is 0.605. The van der Waals surface area contributed by atoms with Crippen molar-refractivity contribution < 1.29 is 18.7 Å². The number of esters is 1. The lowest BCUT2D eigenvalue weighted by Gasteiger charge is -2.23. The van der Waals surface area contributed by atoms with Crippen LogP contribution in [0, 0.1) is 0 Å². The fourth-order valence-electron chi connectivity index (χ4n) is 3.36. The number of benzene rings is 1. The summed E-state index contributed by atoms with van der Waals surface area (Å²) < 4.78 is 12.1. The van der Waals surface area contributed by atoms with E-state index in [9.17, 15) is 9.59 Å². The molecule has 7 heteroatoms. The summed E-state index contributed by atoms with van der Waals surface area (Å²) in [5, 5.41) is 0.703. The molecule has 1 saturated heterocycles. The standard InChI is InChI=1S/C21H22N2O4S/c1-14(20(24)23-12-6-2-3-7-13-23)26-21(25)17-11-10-16(27-17)19-22-15-8-4-5-9-18(15)28-19/h4-5,8-11,14H,2-3,6-7,12-13H2,1H3/t14-/m1/s1. The summed E-state index contributed by atoms with van der Waals surface area (Å²) >= 11 is 1.50. The topological polar surface area (TPSA) is 72.6 Å². The lowest BCUT2D eigenvalue weighted by molar-refractivity contribution is -0.139. The van der Waals surface area contributed by atoms with Crippen LogP contribution in [-0.4, -0.2) is 41.0 Å². The second-order valence-corrected chi connectivity index (χ2v) is 7.97. The number of ether oxygens (including phenoxy) is 1. The third kappa shape index (κ3) is 3.94. The molecule has 3 heterocycles. The summed E-state index contributed by atoms with van der Waals surface area (Å²) in [6, 6.07) is 11.1. The van der Waals surface area contributed by atoms with Crippen LogP contribution in [0.15, 0.2) is 40.8 Å². The van der Waals surface area contributed by atoms with Crippen LogP contribution < -0.4 is 0 Å². The van der Waals surface area contributed by atoms with Gasteiger partial charge in [-0.3, -0.25) is 4.79 Å². The number of furan rings is 1. The van der Waals surface area contributed by atoms with E-state index in [0.29, 0.717) is 10.8 Å². The normalized spacial score (nSPS) is 16.0. The predicted octanol–water partition coefficient (Wildman–Crippen LogP) is 4.50. The number of aromatic nitrogens is 1.